The van der Waals surface area contributed by atoms with E-state index in [4.69, 9.17) is 4.42 Å². The topological polar surface area (TPSA) is 56.0 Å². The number of carbonyl (C=O) groups excluding carboxylic acids is 1. The van der Waals surface area contributed by atoms with Gasteiger partial charge in [-0.3, -0.25) is 4.79 Å². The number of aryl methyl sites for hydroxylation is 1. The number of halogens is 1. The largest absolute Gasteiger partial charge is 0.411 e. The van der Waals surface area contributed by atoms with Gasteiger partial charge in [0.2, 0.25) is 0 Å². The number of hydrogen-bond acceptors (Lipinski definition) is 5. The zero-order chi connectivity index (χ0) is 17.6. The Morgan fingerprint density at radius 2 is 1.88 bits per heavy atom. The normalized spacial score (nSPS) is 10.8. The van der Waals surface area contributed by atoms with Gasteiger partial charge >= 0.3 is 0 Å². The lowest BCUT2D eigenvalue weighted by atomic mass is 10.1. The average molecular weight is 356 g/mol. The molecule has 0 aliphatic rings. The number of ketones is 1. The molecule has 0 saturated heterocycles. The fourth-order valence-electron chi connectivity index (χ4n) is 2.37. The molecule has 0 amide bonds. The summed E-state index contributed by atoms with van der Waals surface area (Å²) in [5, 5.41) is 7.95. The van der Waals surface area contributed by atoms with E-state index >= 15 is 0 Å². The van der Waals surface area contributed by atoms with Gasteiger partial charge in [-0.1, -0.05) is 61.5 Å². The summed E-state index contributed by atoms with van der Waals surface area (Å²) in [5.74, 6) is -0.145. The summed E-state index contributed by atoms with van der Waals surface area (Å²) in [4.78, 5) is 12.2. The van der Waals surface area contributed by atoms with Crippen molar-refractivity contribution in [1.29, 1.82) is 0 Å². The van der Waals surface area contributed by atoms with Gasteiger partial charge in [-0.25, -0.2) is 4.39 Å². The Morgan fingerprint density at radius 1 is 1.12 bits per heavy atom. The molecular weight excluding hydrogens is 339 g/mol. The molecule has 4 nitrogen and oxygen atoms in total. The van der Waals surface area contributed by atoms with Crippen molar-refractivity contribution in [1.82, 2.24) is 10.2 Å². The minimum absolute atomic E-state index is 0.0151. The number of carbonyl (C=O) groups is 1. The van der Waals surface area contributed by atoms with Crippen LogP contribution in [0, 0.1) is 5.82 Å². The van der Waals surface area contributed by atoms with Crippen LogP contribution in [0.5, 0.6) is 0 Å². The van der Waals surface area contributed by atoms with Gasteiger partial charge in [-0.2, -0.15) is 0 Å². The highest BCUT2D eigenvalue weighted by atomic mass is 32.2. The van der Waals surface area contributed by atoms with Crippen molar-refractivity contribution in [2.45, 2.75) is 25.0 Å². The van der Waals surface area contributed by atoms with Crippen molar-refractivity contribution in [3.8, 4) is 11.5 Å². The molecule has 0 radical (unpaired) electrons. The van der Waals surface area contributed by atoms with E-state index in [0.717, 1.165) is 24.6 Å². The smallest absolute Gasteiger partial charge is 0.277 e. The molecule has 0 aliphatic carbocycles. The van der Waals surface area contributed by atoms with Crippen LogP contribution in [0.1, 0.15) is 29.3 Å². The molecule has 0 fully saturated rings. The lowest BCUT2D eigenvalue weighted by molar-refractivity contribution is 0.102. The summed E-state index contributed by atoms with van der Waals surface area (Å²) in [6.45, 7) is 2.12. The molecule has 3 rings (SSSR count). The first kappa shape index (κ1) is 17.4. The predicted octanol–water partition coefficient (Wildman–Crippen LogP) is 4.80. The van der Waals surface area contributed by atoms with Crippen LogP contribution in [0.2, 0.25) is 0 Å². The molecule has 0 N–H and O–H groups in total. The maximum atomic E-state index is 13.7. The molecule has 0 saturated carbocycles. The number of Topliss-reactive ketones (excluding diaryl/α,β-unsaturated/α-hetero) is 1. The maximum Gasteiger partial charge on any atom is 0.277 e. The third kappa shape index (κ3) is 4.33. The van der Waals surface area contributed by atoms with E-state index in [0.29, 0.717) is 5.56 Å². The third-order valence-corrected chi connectivity index (χ3v) is 4.47. The molecule has 3 aromatic rings. The van der Waals surface area contributed by atoms with Crippen LogP contribution < -0.4 is 0 Å². The molecule has 0 unspecified atom stereocenters. The van der Waals surface area contributed by atoms with Crippen molar-refractivity contribution in [3.63, 3.8) is 0 Å². The molecule has 1 heterocycles. The number of thioether (sulfide) groups is 1. The Bertz CT molecular complexity index is 862. The van der Waals surface area contributed by atoms with Gasteiger partial charge in [-0.15, -0.1) is 10.2 Å². The highest BCUT2D eigenvalue weighted by Gasteiger charge is 2.14. The summed E-state index contributed by atoms with van der Waals surface area (Å²) in [6.07, 6.45) is 2.08. The number of benzene rings is 2. The number of aromatic nitrogens is 2. The molecule has 6 heteroatoms. The molecule has 128 valence electrons. The predicted molar refractivity (Wildman–Crippen MR) is 95.2 cm³/mol. The van der Waals surface area contributed by atoms with Crippen LogP contribution in [-0.4, -0.2) is 21.7 Å². The van der Waals surface area contributed by atoms with Gasteiger partial charge in [0.05, 0.1) is 11.3 Å². The summed E-state index contributed by atoms with van der Waals surface area (Å²) in [6, 6.07) is 13.8. The first-order valence-electron chi connectivity index (χ1n) is 8.00. The highest BCUT2D eigenvalue weighted by molar-refractivity contribution is 7.99. The first-order chi connectivity index (χ1) is 12.2. The lowest BCUT2D eigenvalue weighted by Gasteiger charge is -2.02. The van der Waals surface area contributed by atoms with Crippen molar-refractivity contribution < 1.29 is 13.6 Å². The summed E-state index contributed by atoms with van der Waals surface area (Å²) in [5.41, 5.74) is 2.12. The minimum atomic E-state index is -0.425. The van der Waals surface area contributed by atoms with Crippen molar-refractivity contribution in [2.75, 3.05) is 5.75 Å². The van der Waals surface area contributed by atoms with Gasteiger partial charge in [0.15, 0.2) is 5.78 Å². The molecule has 0 spiro atoms. The third-order valence-electron chi connectivity index (χ3n) is 3.65. The van der Waals surface area contributed by atoms with E-state index in [2.05, 4.69) is 17.1 Å². The van der Waals surface area contributed by atoms with E-state index in [1.807, 2.05) is 24.3 Å². The highest BCUT2D eigenvalue weighted by Crippen LogP contribution is 2.25. The monoisotopic (exact) mass is 356 g/mol. The molecular formula is C19H17FN2O2S. The van der Waals surface area contributed by atoms with E-state index < -0.39 is 5.82 Å². The fraction of sp³-hybridized carbons (Fsp3) is 0.211. The molecule has 0 aliphatic heterocycles. The zero-order valence-corrected chi connectivity index (χ0v) is 14.6. The van der Waals surface area contributed by atoms with Gasteiger partial charge in [-0.05, 0) is 24.1 Å². The maximum absolute atomic E-state index is 13.7. The second kappa shape index (κ2) is 8.07. The average Bonchev–Trinajstić information content (AvgIpc) is 3.10. The molecule has 25 heavy (non-hydrogen) atoms. The Balaban J connectivity index is 1.62. The Morgan fingerprint density at radius 3 is 2.60 bits per heavy atom. The van der Waals surface area contributed by atoms with Gasteiger partial charge < -0.3 is 4.42 Å². The second-order valence-corrected chi connectivity index (χ2v) is 6.44. The van der Waals surface area contributed by atoms with Crippen molar-refractivity contribution in [2.24, 2.45) is 0 Å². The zero-order valence-electron chi connectivity index (χ0n) is 13.7. The van der Waals surface area contributed by atoms with Crippen LogP contribution in [0.3, 0.4) is 0 Å². The molecule has 0 bridgehead atoms. The first-order valence-corrected chi connectivity index (χ1v) is 8.99. The van der Waals surface area contributed by atoms with Gasteiger partial charge in [0.25, 0.3) is 11.1 Å². The SMILES string of the molecule is CCCc1ccc(C(=O)CSc2nnc(-c3ccccc3F)o2)cc1. The number of nitrogens with zero attached hydrogens (tertiary/aromatic N) is 2. The van der Waals surface area contributed by atoms with E-state index in [-0.39, 0.29) is 28.2 Å². The van der Waals surface area contributed by atoms with Crippen LogP contribution in [0.4, 0.5) is 4.39 Å². The van der Waals surface area contributed by atoms with Crippen LogP contribution in [0.25, 0.3) is 11.5 Å². The van der Waals surface area contributed by atoms with E-state index in [1.54, 1.807) is 18.2 Å². The Hall–Kier alpha value is -2.47. The summed E-state index contributed by atoms with van der Waals surface area (Å²) < 4.78 is 19.2. The quantitative estimate of drug-likeness (QED) is 0.449. The summed E-state index contributed by atoms with van der Waals surface area (Å²) in [7, 11) is 0. The second-order valence-electron chi connectivity index (χ2n) is 5.51. The Kier molecular flexibility index (Phi) is 5.60. The van der Waals surface area contributed by atoms with E-state index in [1.165, 1.54) is 11.6 Å². The van der Waals surface area contributed by atoms with Crippen molar-refractivity contribution >= 4 is 17.5 Å². The summed E-state index contributed by atoms with van der Waals surface area (Å²) >= 11 is 1.15. The van der Waals surface area contributed by atoms with Gasteiger partial charge in [0.1, 0.15) is 5.82 Å². The number of hydrogen-bond donors (Lipinski definition) is 0. The Labute approximate surface area is 149 Å². The van der Waals surface area contributed by atoms with Gasteiger partial charge in [0, 0.05) is 5.56 Å². The standard InChI is InChI=1S/C19H17FN2O2S/c1-2-5-13-8-10-14(11-9-13)17(23)12-25-19-22-21-18(24-19)15-6-3-4-7-16(15)20/h3-4,6-11H,2,5,12H2,1H3. The van der Waals surface area contributed by atoms with Crippen LogP contribution in [0.15, 0.2) is 58.2 Å². The lowest BCUT2D eigenvalue weighted by Crippen LogP contribution is -2.02. The van der Waals surface area contributed by atoms with Crippen LogP contribution in [-0.2, 0) is 6.42 Å². The minimum Gasteiger partial charge on any atom is -0.411 e. The molecule has 1 aromatic heterocycles. The number of rotatable bonds is 7. The fourth-order valence-corrected chi connectivity index (χ4v) is 3.03. The van der Waals surface area contributed by atoms with E-state index in [9.17, 15) is 9.18 Å². The molecule has 0 atom stereocenters. The van der Waals surface area contributed by atoms with Crippen molar-refractivity contribution in [3.05, 3.63) is 65.5 Å². The molecule has 2 aromatic carbocycles. The van der Waals surface area contributed by atoms with Crippen LogP contribution >= 0.6 is 11.8 Å².